The highest BCUT2D eigenvalue weighted by Gasteiger charge is 2.20. The van der Waals surface area contributed by atoms with Crippen molar-refractivity contribution in [3.05, 3.63) is 21.7 Å². The third-order valence-electron chi connectivity index (χ3n) is 1.85. The number of carbonyl (C=O) groups is 1. The van der Waals surface area contributed by atoms with Crippen molar-refractivity contribution in [2.45, 2.75) is 13.8 Å². The second-order valence-corrected chi connectivity index (χ2v) is 3.12. The SMILES string of the molecule is COc1nc([N+](=O)[O-])cc(C)c1NC(C)=O. The molecule has 1 rings (SSSR count). The lowest BCUT2D eigenvalue weighted by molar-refractivity contribution is -0.389. The average Bonchev–Trinajstić information content (AvgIpc) is 2.19. The van der Waals surface area contributed by atoms with Crippen molar-refractivity contribution in [3.8, 4) is 5.88 Å². The van der Waals surface area contributed by atoms with E-state index >= 15 is 0 Å². The lowest BCUT2D eigenvalue weighted by Crippen LogP contribution is -2.10. The zero-order valence-corrected chi connectivity index (χ0v) is 9.10. The van der Waals surface area contributed by atoms with Gasteiger partial charge in [0.25, 0.3) is 0 Å². The summed E-state index contributed by atoms with van der Waals surface area (Å²) in [6.07, 6.45) is 0. The summed E-state index contributed by atoms with van der Waals surface area (Å²) in [5.74, 6) is -0.581. The Morgan fingerprint density at radius 3 is 2.69 bits per heavy atom. The van der Waals surface area contributed by atoms with Crippen LogP contribution in [0, 0.1) is 17.0 Å². The Labute approximate surface area is 91.6 Å². The molecule has 1 amide bonds. The molecule has 0 atom stereocenters. The highest BCUT2D eigenvalue weighted by Crippen LogP contribution is 2.29. The number of ether oxygens (including phenoxy) is 1. The highest BCUT2D eigenvalue weighted by molar-refractivity contribution is 5.91. The van der Waals surface area contributed by atoms with Gasteiger partial charge in [0.05, 0.1) is 7.11 Å². The van der Waals surface area contributed by atoms with Crippen LogP contribution in [0.25, 0.3) is 0 Å². The van der Waals surface area contributed by atoms with Crippen LogP contribution in [0.5, 0.6) is 5.88 Å². The first-order valence-corrected chi connectivity index (χ1v) is 4.43. The predicted octanol–water partition coefficient (Wildman–Crippen LogP) is 1.27. The van der Waals surface area contributed by atoms with Gasteiger partial charge in [-0.1, -0.05) is 0 Å². The van der Waals surface area contributed by atoms with E-state index in [2.05, 4.69) is 10.3 Å². The monoisotopic (exact) mass is 225 g/mol. The van der Waals surface area contributed by atoms with Gasteiger partial charge in [-0.3, -0.25) is 4.79 Å². The number of hydrogen-bond acceptors (Lipinski definition) is 5. The van der Waals surface area contributed by atoms with Crippen molar-refractivity contribution in [2.24, 2.45) is 0 Å². The first kappa shape index (κ1) is 11.9. The van der Waals surface area contributed by atoms with Crippen molar-refractivity contribution in [2.75, 3.05) is 12.4 Å². The second-order valence-electron chi connectivity index (χ2n) is 3.12. The molecule has 1 heterocycles. The Morgan fingerprint density at radius 1 is 1.62 bits per heavy atom. The fraction of sp³-hybridized carbons (Fsp3) is 0.333. The molecule has 0 bridgehead atoms. The maximum Gasteiger partial charge on any atom is 0.368 e. The Balaban J connectivity index is 3.28. The van der Waals surface area contributed by atoms with Gasteiger partial charge in [-0.15, -0.1) is 0 Å². The zero-order valence-electron chi connectivity index (χ0n) is 9.10. The molecule has 0 aliphatic heterocycles. The molecule has 0 spiro atoms. The molecule has 7 nitrogen and oxygen atoms in total. The Kier molecular flexibility index (Phi) is 3.39. The van der Waals surface area contributed by atoms with Crippen LogP contribution in [0.15, 0.2) is 6.07 Å². The number of nitrogens with one attached hydrogen (secondary N) is 1. The summed E-state index contributed by atoms with van der Waals surface area (Å²) in [6, 6.07) is 1.27. The minimum atomic E-state index is -0.618. The number of hydrogen-bond donors (Lipinski definition) is 1. The molecule has 0 saturated carbocycles. The number of aryl methyl sites for hydroxylation is 1. The first-order valence-electron chi connectivity index (χ1n) is 4.43. The van der Waals surface area contributed by atoms with E-state index in [1.54, 1.807) is 6.92 Å². The number of methoxy groups -OCH3 is 1. The van der Waals surface area contributed by atoms with Crippen LogP contribution in [0.1, 0.15) is 12.5 Å². The summed E-state index contributed by atoms with van der Waals surface area (Å²) in [6.45, 7) is 2.96. The molecule has 0 radical (unpaired) electrons. The summed E-state index contributed by atoms with van der Waals surface area (Å²) in [7, 11) is 1.33. The summed E-state index contributed by atoms with van der Waals surface area (Å²) in [5, 5.41) is 13.1. The number of pyridine rings is 1. The lowest BCUT2D eigenvalue weighted by Gasteiger charge is -2.07. The topological polar surface area (TPSA) is 94.4 Å². The van der Waals surface area contributed by atoms with E-state index in [-0.39, 0.29) is 17.6 Å². The third kappa shape index (κ3) is 2.44. The number of nitrogens with zero attached hydrogens (tertiary/aromatic N) is 2. The molecule has 0 aliphatic carbocycles. The van der Waals surface area contributed by atoms with E-state index in [0.717, 1.165) is 0 Å². The standard InChI is InChI=1S/C9H11N3O4/c1-5-4-7(12(14)15)11-9(16-3)8(5)10-6(2)13/h4H,1-3H3,(H,10,13). The third-order valence-corrected chi connectivity index (χ3v) is 1.85. The summed E-state index contributed by atoms with van der Waals surface area (Å²) in [5.41, 5.74) is 0.870. The van der Waals surface area contributed by atoms with Crippen LogP contribution in [0.3, 0.4) is 0 Å². The van der Waals surface area contributed by atoms with E-state index in [1.165, 1.54) is 20.1 Å². The lowest BCUT2D eigenvalue weighted by atomic mass is 10.2. The van der Waals surface area contributed by atoms with Crippen molar-refractivity contribution >= 4 is 17.4 Å². The van der Waals surface area contributed by atoms with Gasteiger partial charge in [0.2, 0.25) is 5.91 Å². The van der Waals surface area contributed by atoms with Crippen LogP contribution >= 0.6 is 0 Å². The molecule has 86 valence electrons. The van der Waals surface area contributed by atoms with Gasteiger partial charge in [-0.2, -0.15) is 0 Å². The fourth-order valence-corrected chi connectivity index (χ4v) is 1.20. The molecule has 0 unspecified atom stereocenters. The van der Waals surface area contributed by atoms with Crippen molar-refractivity contribution in [3.63, 3.8) is 0 Å². The minimum absolute atomic E-state index is 0.0295. The average molecular weight is 225 g/mol. The minimum Gasteiger partial charge on any atom is -0.461 e. The molecular weight excluding hydrogens is 214 g/mol. The number of rotatable bonds is 3. The summed E-state index contributed by atoms with van der Waals surface area (Å²) < 4.78 is 4.89. The molecule has 1 N–H and O–H groups in total. The van der Waals surface area contributed by atoms with Crippen LogP contribution < -0.4 is 10.1 Å². The maximum absolute atomic E-state index is 10.9. The number of nitro groups is 1. The number of carbonyl (C=O) groups excluding carboxylic acids is 1. The molecule has 0 aliphatic rings. The maximum atomic E-state index is 10.9. The van der Waals surface area contributed by atoms with Crippen molar-refractivity contribution in [1.82, 2.24) is 4.98 Å². The molecule has 1 aromatic rings. The van der Waals surface area contributed by atoms with Crippen LogP contribution in [0.2, 0.25) is 0 Å². The van der Waals surface area contributed by atoms with E-state index in [1.807, 2.05) is 0 Å². The smallest absolute Gasteiger partial charge is 0.368 e. The van der Waals surface area contributed by atoms with Crippen LogP contribution in [-0.2, 0) is 4.79 Å². The summed E-state index contributed by atoms with van der Waals surface area (Å²) in [4.78, 5) is 24.5. The van der Waals surface area contributed by atoms with E-state index in [0.29, 0.717) is 11.3 Å². The molecule has 0 saturated heterocycles. The highest BCUT2D eigenvalue weighted by atomic mass is 16.6. The molecular formula is C9H11N3O4. The number of anilines is 1. The van der Waals surface area contributed by atoms with Crippen LogP contribution in [-0.4, -0.2) is 22.9 Å². The van der Waals surface area contributed by atoms with Gasteiger partial charge >= 0.3 is 11.7 Å². The normalized spacial score (nSPS) is 9.69. The molecule has 7 heteroatoms. The first-order chi connectivity index (χ1) is 7.45. The van der Waals surface area contributed by atoms with Gasteiger partial charge in [-0.05, 0) is 17.4 Å². The van der Waals surface area contributed by atoms with Gasteiger partial charge in [-0.25, -0.2) is 0 Å². The molecule has 0 fully saturated rings. The van der Waals surface area contributed by atoms with Gasteiger partial charge in [0, 0.05) is 18.0 Å². The predicted molar refractivity (Wildman–Crippen MR) is 56.5 cm³/mol. The molecule has 1 aromatic heterocycles. The zero-order chi connectivity index (χ0) is 12.3. The Hall–Kier alpha value is -2.18. The summed E-state index contributed by atoms with van der Waals surface area (Å²) >= 11 is 0. The Morgan fingerprint density at radius 2 is 2.25 bits per heavy atom. The molecule has 0 aromatic carbocycles. The number of amides is 1. The fourth-order valence-electron chi connectivity index (χ4n) is 1.20. The van der Waals surface area contributed by atoms with E-state index < -0.39 is 4.92 Å². The van der Waals surface area contributed by atoms with E-state index in [4.69, 9.17) is 4.74 Å². The van der Waals surface area contributed by atoms with E-state index in [9.17, 15) is 14.9 Å². The van der Waals surface area contributed by atoms with Gasteiger partial charge in [0.1, 0.15) is 5.69 Å². The van der Waals surface area contributed by atoms with Gasteiger partial charge in [0.15, 0.2) is 0 Å². The number of aromatic nitrogens is 1. The quantitative estimate of drug-likeness (QED) is 0.617. The largest absolute Gasteiger partial charge is 0.461 e. The van der Waals surface area contributed by atoms with Crippen molar-refractivity contribution < 1.29 is 14.5 Å². The van der Waals surface area contributed by atoms with Crippen LogP contribution in [0.4, 0.5) is 11.5 Å². The Bertz CT molecular complexity index is 445. The second kappa shape index (κ2) is 4.56. The van der Waals surface area contributed by atoms with Gasteiger partial charge < -0.3 is 20.2 Å². The van der Waals surface area contributed by atoms with Crippen molar-refractivity contribution in [1.29, 1.82) is 0 Å². The molecule has 16 heavy (non-hydrogen) atoms.